The van der Waals surface area contributed by atoms with Gasteiger partial charge in [0.05, 0.1) is 13.3 Å². The molecule has 0 aliphatic rings. The fourth-order valence-electron chi connectivity index (χ4n) is 2.21. The van der Waals surface area contributed by atoms with E-state index in [2.05, 4.69) is 21.2 Å². The third kappa shape index (κ3) is 7.10. The van der Waals surface area contributed by atoms with Crippen molar-refractivity contribution in [1.82, 2.24) is 10.7 Å². The maximum Gasteiger partial charge on any atom is 0.329 e. The fraction of sp³-hybridized carbons (Fsp3) is 0.200. The van der Waals surface area contributed by atoms with Crippen LogP contribution in [-0.2, 0) is 14.4 Å². The number of carbonyl (C=O) groups is 3. The Morgan fingerprint density at radius 1 is 1.07 bits per heavy atom. The Morgan fingerprint density at radius 3 is 2.47 bits per heavy atom. The van der Waals surface area contributed by atoms with Gasteiger partial charge in [0.15, 0.2) is 18.1 Å². The Kier molecular flexibility index (Phi) is 8.64. The lowest BCUT2D eigenvalue weighted by atomic mass is 10.2. The monoisotopic (exact) mass is 432 g/mol. The van der Waals surface area contributed by atoms with Gasteiger partial charge in [-0.3, -0.25) is 14.4 Å². The summed E-state index contributed by atoms with van der Waals surface area (Å²) in [4.78, 5) is 34.8. The molecule has 0 saturated heterocycles. The first-order chi connectivity index (χ1) is 14.4. The van der Waals surface area contributed by atoms with Gasteiger partial charge in [-0.15, -0.1) is 0 Å². The minimum Gasteiger partial charge on any atom is -0.493 e. The Labute approximate surface area is 178 Å². The summed E-state index contributed by atoms with van der Waals surface area (Å²) < 4.78 is 10.8. The largest absolute Gasteiger partial charge is 0.493 e. The highest BCUT2D eigenvalue weighted by Gasteiger charge is 2.11. The molecule has 10 heteroatoms. The number of hydrogen-bond donors (Lipinski definition) is 3. The van der Waals surface area contributed by atoms with Crippen LogP contribution in [0.3, 0.4) is 0 Å². The van der Waals surface area contributed by atoms with Crippen LogP contribution >= 0.6 is 11.6 Å². The summed E-state index contributed by atoms with van der Waals surface area (Å²) in [5.41, 5.74) is 3.30. The first kappa shape index (κ1) is 22.7. The van der Waals surface area contributed by atoms with E-state index in [9.17, 15) is 14.4 Å². The molecule has 0 spiro atoms. The molecule has 30 heavy (non-hydrogen) atoms. The summed E-state index contributed by atoms with van der Waals surface area (Å²) in [5, 5.41) is 9.34. The predicted octanol–water partition coefficient (Wildman–Crippen LogP) is 1.95. The van der Waals surface area contributed by atoms with E-state index in [4.69, 9.17) is 21.1 Å². The van der Waals surface area contributed by atoms with Gasteiger partial charge in [-0.05, 0) is 55.0 Å². The summed E-state index contributed by atoms with van der Waals surface area (Å²) in [6.45, 7) is 1.81. The predicted molar refractivity (Wildman–Crippen MR) is 113 cm³/mol. The van der Waals surface area contributed by atoms with Crippen LogP contribution < -0.4 is 25.5 Å². The van der Waals surface area contributed by atoms with Crippen molar-refractivity contribution in [3.8, 4) is 11.5 Å². The van der Waals surface area contributed by atoms with Gasteiger partial charge in [-0.25, -0.2) is 5.43 Å². The Hall–Kier alpha value is -3.59. The molecule has 0 saturated carbocycles. The van der Waals surface area contributed by atoms with Gasteiger partial charge in [-0.1, -0.05) is 11.6 Å². The normalized spacial score (nSPS) is 10.4. The molecule has 0 bridgehead atoms. The van der Waals surface area contributed by atoms with Gasteiger partial charge in [-0.2, -0.15) is 5.10 Å². The highest BCUT2D eigenvalue weighted by molar-refractivity contribution is 6.35. The number of likely N-dealkylation sites (N-methyl/N-ethyl adjacent to an activating group) is 1. The number of methoxy groups -OCH3 is 1. The second kappa shape index (κ2) is 11.4. The SMILES string of the molecule is CCNC(=O)C(=O)N/N=C\c1ccc(OCC(=O)Nc2ccc(Cl)cc2)c(OC)c1. The fourth-order valence-corrected chi connectivity index (χ4v) is 2.34. The van der Waals surface area contributed by atoms with Crippen molar-refractivity contribution in [2.75, 3.05) is 25.6 Å². The summed E-state index contributed by atoms with van der Waals surface area (Å²) in [6.07, 6.45) is 1.34. The third-order valence-electron chi connectivity index (χ3n) is 3.60. The molecule has 0 aromatic heterocycles. The molecule has 3 N–H and O–H groups in total. The molecule has 0 fully saturated rings. The molecule has 9 nitrogen and oxygen atoms in total. The number of rotatable bonds is 8. The van der Waals surface area contributed by atoms with Gasteiger partial charge in [0.25, 0.3) is 5.91 Å². The number of anilines is 1. The molecule has 2 aromatic rings. The number of hydrazone groups is 1. The van der Waals surface area contributed by atoms with Crippen LogP contribution in [-0.4, -0.2) is 44.2 Å². The van der Waals surface area contributed by atoms with Crippen LogP contribution in [0, 0.1) is 0 Å². The van der Waals surface area contributed by atoms with Crippen molar-refractivity contribution in [2.24, 2.45) is 5.10 Å². The van der Waals surface area contributed by atoms with Gasteiger partial charge in [0.2, 0.25) is 0 Å². The van der Waals surface area contributed by atoms with Gasteiger partial charge < -0.3 is 20.1 Å². The molecule has 0 heterocycles. The van der Waals surface area contributed by atoms with E-state index in [0.29, 0.717) is 34.3 Å². The average molecular weight is 433 g/mol. The lowest BCUT2D eigenvalue weighted by molar-refractivity contribution is -0.139. The van der Waals surface area contributed by atoms with Crippen molar-refractivity contribution in [3.63, 3.8) is 0 Å². The Balaban J connectivity index is 1.92. The van der Waals surface area contributed by atoms with Crippen LogP contribution in [0.1, 0.15) is 12.5 Å². The zero-order valence-electron chi connectivity index (χ0n) is 16.4. The second-order valence-corrected chi connectivity index (χ2v) is 6.25. The molecule has 3 amide bonds. The van der Waals surface area contributed by atoms with Gasteiger partial charge in [0, 0.05) is 17.3 Å². The van der Waals surface area contributed by atoms with E-state index < -0.39 is 11.8 Å². The summed E-state index contributed by atoms with van der Waals surface area (Å²) >= 11 is 5.81. The molecular weight excluding hydrogens is 412 g/mol. The third-order valence-corrected chi connectivity index (χ3v) is 3.85. The summed E-state index contributed by atoms with van der Waals surface area (Å²) in [7, 11) is 1.45. The topological polar surface area (TPSA) is 118 Å². The molecular formula is C20H21ClN4O5. The van der Waals surface area contributed by atoms with E-state index in [1.807, 2.05) is 0 Å². The lowest BCUT2D eigenvalue weighted by Gasteiger charge is -2.11. The minimum absolute atomic E-state index is 0.227. The number of ether oxygens (including phenoxy) is 2. The molecule has 0 aliphatic carbocycles. The molecule has 2 aromatic carbocycles. The molecule has 2 rings (SSSR count). The Bertz CT molecular complexity index is 931. The number of nitrogens with one attached hydrogen (secondary N) is 3. The van der Waals surface area contributed by atoms with Crippen molar-refractivity contribution >= 4 is 41.2 Å². The highest BCUT2D eigenvalue weighted by Crippen LogP contribution is 2.27. The molecule has 0 aliphatic heterocycles. The molecule has 0 atom stereocenters. The lowest BCUT2D eigenvalue weighted by Crippen LogP contribution is -2.37. The van der Waals surface area contributed by atoms with Crippen LogP contribution in [0.15, 0.2) is 47.6 Å². The zero-order chi connectivity index (χ0) is 21.9. The molecule has 0 radical (unpaired) electrons. The Morgan fingerprint density at radius 2 is 1.80 bits per heavy atom. The maximum absolute atomic E-state index is 12.0. The van der Waals surface area contributed by atoms with Gasteiger partial charge in [0.1, 0.15) is 0 Å². The number of hydrogen-bond acceptors (Lipinski definition) is 6. The molecule has 0 unspecified atom stereocenters. The number of carbonyl (C=O) groups excluding carboxylic acids is 3. The smallest absolute Gasteiger partial charge is 0.329 e. The quantitative estimate of drug-likeness (QED) is 0.335. The van der Waals surface area contributed by atoms with Crippen molar-refractivity contribution < 1.29 is 23.9 Å². The average Bonchev–Trinajstić information content (AvgIpc) is 2.74. The van der Waals surface area contributed by atoms with Crippen molar-refractivity contribution in [1.29, 1.82) is 0 Å². The first-order valence-electron chi connectivity index (χ1n) is 8.90. The van der Waals surface area contributed by atoms with Crippen LogP contribution in [0.4, 0.5) is 5.69 Å². The van der Waals surface area contributed by atoms with E-state index in [-0.39, 0.29) is 12.5 Å². The van der Waals surface area contributed by atoms with E-state index in [0.717, 1.165) is 0 Å². The summed E-state index contributed by atoms with van der Waals surface area (Å²) in [6, 6.07) is 11.5. The minimum atomic E-state index is -0.869. The summed E-state index contributed by atoms with van der Waals surface area (Å²) in [5.74, 6) is -1.27. The number of nitrogens with zero attached hydrogens (tertiary/aromatic N) is 1. The van der Waals surface area contributed by atoms with Crippen molar-refractivity contribution in [3.05, 3.63) is 53.1 Å². The molecule has 158 valence electrons. The maximum atomic E-state index is 12.0. The van der Waals surface area contributed by atoms with E-state index in [1.165, 1.54) is 13.3 Å². The van der Waals surface area contributed by atoms with Crippen molar-refractivity contribution in [2.45, 2.75) is 6.92 Å². The van der Waals surface area contributed by atoms with Crippen LogP contribution in [0.2, 0.25) is 5.02 Å². The van der Waals surface area contributed by atoms with Gasteiger partial charge >= 0.3 is 11.8 Å². The van der Waals surface area contributed by atoms with E-state index >= 15 is 0 Å². The zero-order valence-corrected chi connectivity index (χ0v) is 17.2. The second-order valence-electron chi connectivity index (χ2n) is 5.81. The van der Waals surface area contributed by atoms with E-state index in [1.54, 1.807) is 49.4 Å². The number of halogens is 1. The standard InChI is InChI=1S/C20H21ClN4O5/c1-3-22-19(27)20(28)25-23-11-13-4-9-16(17(10-13)29-2)30-12-18(26)24-15-7-5-14(21)6-8-15/h4-11H,3,12H2,1-2H3,(H,22,27)(H,24,26)(H,25,28)/b23-11-. The number of amides is 3. The van der Waals surface area contributed by atoms with Crippen LogP contribution in [0.5, 0.6) is 11.5 Å². The highest BCUT2D eigenvalue weighted by atomic mass is 35.5. The first-order valence-corrected chi connectivity index (χ1v) is 9.28. The van der Waals surface area contributed by atoms with Crippen LogP contribution in [0.25, 0.3) is 0 Å². The number of benzene rings is 2.